The lowest BCUT2D eigenvalue weighted by Gasteiger charge is -2.13. The van der Waals surface area contributed by atoms with E-state index in [9.17, 15) is 22.4 Å². The number of benzene rings is 2. The van der Waals surface area contributed by atoms with Gasteiger partial charge >= 0.3 is 6.36 Å². The SMILES string of the molecule is COc1cccc(/C=C/c2nc3sccn3c(=O)c2-c2ccc(OC(F)(F)F)cc2)c1OCCCCF. The lowest BCUT2D eigenvalue weighted by molar-refractivity contribution is -0.274. The minimum absolute atomic E-state index is 0.207. The zero-order chi connectivity index (χ0) is 26.4. The Bertz CT molecular complexity index is 1450. The minimum atomic E-state index is -4.82. The first-order valence-corrected chi connectivity index (χ1v) is 12.1. The molecular formula is C26H22F4N2O4S. The number of rotatable bonds is 10. The van der Waals surface area contributed by atoms with Crippen LogP contribution >= 0.6 is 11.3 Å². The Morgan fingerprint density at radius 1 is 1.08 bits per heavy atom. The van der Waals surface area contributed by atoms with Gasteiger partial charge in [-0.05, 0) is 48.8 Å². The molecule has 0 aliphatic rings. The maximum Gasteiger partial charge on any atom is 0.573 e. The Balaban J connectivity index is 1.75. The largest absolute Gasteiger partial charge is 0.573 e. The van der Waals surface area contributed by atoms with Crippen molar-refractivity contribution in [2.75, 3.05) is 20.4 Å². The fourth-order valence-corrected chi connectivity index (χ4v) is 4.34. The van der Waals surface area contributed by atoms with E-state index in [1.54, 1.807) is 41.9 Å². The normalized spacial score (nSPS) is 11.8. The van der Waals surface area contributed by atoms with E-state index in [1.807, 2.05) is 0 Å². The Morgan fingerprint density at radius 2 is 1.86 bits per heavy atom. The molecule has 0 aliphatic heterocycles. The molecule has 0 N–H and O–H groups in total. The number of unbranched alkanes of at least 4 members (excludes halogenated alkanes) is 1. The molecule has 37 heavy (non-hydrogen) atoms. The summed E-state index contributed by atoms with van der Waals surface area (Å²) in [6.07, 6.45) is 1.02. The van der Waals surface area contributed by atoms with Crippen molar-refractivity contribution in [2.45, 2.75) is 19.2 Å². The summed E-state index contributed by atoms with van der Waals surface area (Å²) in [5.74, 6) is 0.554. The Hall–Kier alpha value is -3.86. The van der Waals surface area contributed by atoms with Crippen LogP contribution in [-0.2, 0) is 0 Å². The van der Waals surface area contributed by atoms with Gasteiger partial charge in [-0.1, -0.05) is 24.3 Å². The van der Waals surface area contributed by atoms with Crippen LogP contribution in [0.3, 0.4) is 0 Å². The van der Waals surface area contributed by atoms with Gasteiger partial charge in [0.2, 0.25) is 0 Å². The summed E-state index contributed by atoms with van der Waals surface area (Å²) in [6, 6.07) is 10.3. The molecule has 0 aliphatic carbocycles. The Labute approximate surface area is 213 Å². The first-order valence-electron chi connectivity index (χ1n) is 11.2. The molecule has 0 atom stereocenters. The molecule has 2 heterocycles. The van der Waals surface area contributed by atoms with Crippen molar-refractivity contribution in [2.24, 2.45) is 0 Å². The van der Waals surface area contributed by atoms with E-state index in [2.05, 4.69) is 9.72 Å². The number of para-hydroxylation sites is 1. The van der Waals surface area contributed by atoms with Crippen LogP contribution in [0.2, 0.25) is 0 Å². The molecule has 2 aromatic heterocycles. The number of fused-ring (bicyclic) bond motifs is 1. The number of nitrogens with zero attached hydrogens (tertiary/aromatic N) is 2. The van der Waals surface area contributed by atoms with Crippen LogP contribution in [-0.4, -0.2) is 36.1 Å². The Kier molecular flexibility index (Phi) is 8.12. The fourth-order valence-electron chi connectivity index (χ4n) is 3.63. The highest BCUT2D eigenvalue weighted by atomic mass is 32.1. The third kappa shape index (κ3) is 6.29. The van der Waals surface area contributed by atoms with Crippen LogP contribution in [0, 0.1) is 0 Å². The number of halogens is 4. The van der Waals surface area contributed by atoms with Gasteiger partial charge in [0, 0.05) is 17.1 Å². The van der Waals surface area contributed by atoms with Gasteiger partial charge in [0.1, 0.15) is 5.75 Å². The van der Waals surface area contributed by atoms with Gasteiger partial charge in [0.05, 0.1) is 31.6 Å². The van der Waals surface area contributed by atoms with Gasteiger partial charge in [0.25, 0.3) is 5.56 Å². The van der Waals surface area contributed by atoms with E-state index in [0.29, 0.717) is 52.7 Å². The van der Waals surface area contributed by atoms with Crippen molar-refractivity contribution in [1.82, 2.24) is 9.38 Å². The monoisotopic (exact) mass is 534 g/mol. The maximum atomic E-state index is 13.3. The predicted octanol–water partition coefficient (Wildman–Crippen LogP) is 6.63. The third-order valence-electron chi connectivity index (χ3n) is 5.30. The molecule has 0 fully saturated rings. The van der Waals surface area contributed by atoms with Crippen molar-refractivity contribution in [3.8, 4) is 28.4 Å². The van der Waals surface area contributed by atoms with Crippen molar-refractivity contribution in [3.05, 3.63) is 75.7 Å². The zero-order valence-corrected chi connectivity index (χ0v) is 20.4. The lowest BCUT2D eigenvalue weighted by atomic mass is 10.0. The van der Waals surface area contributed by atoms with Gasteiger partial charge in [-0.3, -0.25) is 13.6 Å². The highest BCUT2D eigenvalue weighted by molar-refractivity contribution is 7.15. The summed E-state index contributed by atoms with van der Waals surface area (Å²) in [6.45, 7) is -0.135. The second-order valence-corrected chi connectivity index (χ2v) is 8.63. The number of alkyl halides is 4. The molecule has 194 valence electrons. The van der Waals surface area contributed by atoms with E-state index >= 15 is 0 Å². The van der Waals surface area contributed by atoms with Crippen LogP contribution in [0.25, 0.3) is 28.2 Å². The molecule has 0 unspecified atom stereocenters. The Morgan fingerprint density at radius 3 is 2.57 bits per heavy atom. The highest BCUT2D eigenvalue weighted by Crippen LogP contribution is 2.33. The van der Waals surface area contributed by atoms with Gasteiger partial charge in [-0.2, -0.15) is 0 Å². The average molecular weight is 535 g/mol. The second-order valence-electron chi connectivity index (χ2n) is 7.76. The number of methoxy groups -OCH3 is 1. The van der Waals surface area contributed by atoms with Gasteiger partial charge in [-0.25, -0.2) is 4.98 Å². The third-order valence-corrected chi connectivity index (χ3v) is 6.05. The summed E-state index contributed by atoms with van der Waals surface area (Å²) < 4.78 is 66.8. The molecule has 0 saturated carbocycles. The molecule has 0 radical (unpaired) electrons. The molecular weight excluding hydrogens is 512 g/mol. The highest BCUT2D eigenvalue weighted by Gasteiger charge is 2.31. The smallest absolute Gasteiger partial charge is 0.493 e. The molecule has 0 spiro atoms. The van der Waals surface area contributed by atoms with Crippen LogP contribution in [0.1, 0.15) is 24.1 Å². The first-order chi connectivity index (χ1) is 17.8. The van der Waals surface area contributed by atoms with E-state index in [0.717, 1.165) is 12.1 Å². The van der Waals surface area contributed by atoms with Crippen molar-refractivity contribution < 1.29 is 31.8 Å². The first kappa shape index (κ1) is 26.2. The van der Waals surface area contributed by atoms with Crippen LogP contribution < -0.4 is 19.8 Å². The summed E-state index contributed by atoms with van der Waals surface area (Å²) in [4.78, 5) is 18.4. The predicted molar refractivity (Wildman–Crippen MR) is 134 cm³/mol. The van der Waals surface area contributed by atoms with E-state index < -0.39 is 18.8 Å². The zero-order valence-electron chi connectivity index (χ0n) is 19.6. The molecule has 0 bridgehead atoms. The van der Waals surface area contributed by atoms with Crippen molar-refractivity contribution >= 4 is 28.4 Å². The van der Waals surface area contributed by atoms with Crippen molar-refractivity contribution in [3.63, 3.8) is 0 Å². The number of hydrogen-bond acceptors (Lipinski definition) is 6. The number of hydrogen-bond donors (Lipinski definition) is 0. The van der Waals surface area contributed by atoms with Gasteiger partial charge in [-0.15, -0.1) is 24.5 Å². The van der Waals surface area contributed by atoms with Gasteiger partial charge in [0.15, 0.2) is 16.5 Å². The lowest BCUT2D eigenvalue weighted by Crippen LogP contribution is -2.18. The van der Waals surface area contributed by atoms with E-state index in [4.69, 9.17) is 9.47 Å². The number of aromatic nitrogens is 2. The molecule has 0 amide bonds. The van der Waals surface area contributed by atoms with E-state index in [-0.39, 0.29) is 11.1 Å². The van der Waals surface area contributed by atoms with Gasteiger partial charge < -0.3 is 14.2 Å². The van der Waals surface area contributed by atoms with E-state index in [1.165, 1.54) is 35.0 Å². The topological polar surface area (TPSA) is 62.1 Å². The molecule has 6 nitrogen and oxygen atoms in total. The summed E-state index contributed by atoms with van der Waals surface area (Å²) >= 11 is 1.27. The molecule has 0 saturated heterocycles. The summed E-state index contributed by atoms with van der Waals surface area (Å²) in [5, 5.41) is 1.71. The molecule has 2 aromatic carbocycles. The minimum Gasteiger partial charge on any atom is -0.493 e. The van der Waals surface area contributed by atoms with Crippen LogP contribution in [0.15, 0.2) is 58.8 Å². The number of ether oxygens (including phenoxy) is 3. The molecule has 4 rings (SSSR count). The standard InChI is InChI=1S/C26H22F4N2O4S/c1-34-21-6-4-5-18(23(21)35-15-3-2-13-27)9-12-20-22(24(33)32-14-16-37-25(32)31-20)17-7-10-19(11-8-17)36-26(28,29)30/h4-12,14,16H,2-3,13,15H2,1H3/b12-9+. The fraction of sp³-hybridized carbons (Fsp3) is 0.231. The number of thiazole rings is 1. The van der Waals surface area contributed by atoms with Crippen LogP contribution in [0.5, 0.6) is 17.2 Å². The van der Waals surface area contributed by atoms with Crippen molar-refractivity contribution in [1.29, 1.82) is 0 Å². The van der Waals surface area contributed by atoms with Crippen LogP contribution in [0.4, 0.5) is 17.6 Å². The quantitative estimate of drug-likeness (QED) is 0.169. The molecule has 11 heteroatoms. The summed E-state index contributed by atoms with van der Waals surface area (Å²) in [7, 11) is 1.51. The maximum absolute atomic E-state index is 13.3. The second kappa shape index (κ2) is 11.5. The molecule has 4 aromatic rings. The average Bonchev–Trinajstić information content (AvgIpc) is 3.34. The summed E-state index contributed by atoms with van der Waals surface area (Å²) in [5.41, 5.74) is 1.18.